The van der Waals surface area contributed by atoms with Crippen LogP contribution in [0.3, 0.4) is 0 Å². The van der Waals surface area contributed by atoms with Gasteiger partial charge in [-0.15, -0.1) is 0 Å². The topological polar surface area (TPSA) is 99.0 Å². The van der Waals surface area contributed by atoms with Gasteiger partial charge in [0.25, 0.3) is 0 Å². The Morgan fingerprint density at radius 3 is 2.65 bits per heavy atom. The summed E-state index contributed by atoms with van der Waals surface area (Å²) in [4.78, 5) is 10.8. The second-order valence-corrected chi connectivity index (χ2v) is 4.53. The van der Waals surface area contributed by atoms with E-state index in [1.165, 1.54) is 4.68 Å². The molecule has 2 heterocycles. The van der Waals surface area contributed by atoms with Crippen LogP contribution in [0.5, 0.6) is 0 Å². The van der Waals surface area contributed by atoms with Gasteiger partial charge in [0.15, 0.2) is 0 Å². The van der Waals surface area contributed by atoms with Gasteiger partial charge in [-0.2, -0.15) is 5.10 Å². The summed E-state index contributed by atoms with van der Waals surface area (Å²) in [6, 6.07) is 0. The first-order chi connectivity index (χ1) is 9.45. The van der Waals surface area contributed by atoms with Crippen LogP contribution in [0.25, 0.3) is 0 Å². The molecule has 0 saturated carbocycles. The predicted octanol–water partition coefficient (Wildman–Crippen LogP) is 2.11. The first-order valence-electron chi connectivity index (χ1n) is 6.31. The lowest BCUT2D eigenvalue weighted by atomic mass is 10.2. The van der Waals surface area contributed by atoms with Crippen LogP contribution in [0.2, 0.25) is 0 Å². The summed E-state index contributed by atoms with van der Waals surface area (Å²) in [5.74, 6) is 1.10. The molecule has 2 aromatic rings. The molecule has 0 bridgehead atoms. The van der Waals surface area contributed by atoms with Crippen LogP contribution in [0.15, 0.2) is 4.52 Å². The third kappa shape index (κ3) is 2.36. The van der Waals surface area contributed by atoms with Crippen LogP contribution in [0, 0.1) is 24.0 Å². The largest absolute Gasteiger partial charge is 0.361 e. The van der Waals surface area contributed by atoms with Gasteiger partial charge in [-0.05, 0) is 20.3 Å². The number of aromatic nitrogens is 3. The summed E-state index contributed by atoms with van der Waals surface area (Å²) >= 11 is 0. The fourth-order valence-electron chi connectivity index (χ4n) is 2.12. The first kappa shape index (κ1) is 14.0. The van der Waals surface area contributed by atoms with Crippen LogP contribution in [-0.4, -0.2) is 19.9 Å². The monoisotopic (exact) mass is 279 g/mol. The van der Waals surface area contributed by atoms with Crippen molar-refractivity contribution in [3.8, 4) is 0 Å². The van der Waals surface area contributed by atoms with Gasteiger partial charge in [-0.3, -0.25) is 10.1 Å². The molecule has 108 valence electrons. The van der Waals surface area contributed by atoms with Crippen molar-refractivity contribution in [3.63, 3.8) is 0 Å². The van der Waals surface area contributed by atoms with E-state index in [-0.39, 0.29) is 5.69 Å². The number of rotatable bonds is 5. The fourth-order valence-corrected chi connectivity index (χ4v) is 2.12. The number of aryl methyl sites for hydroxylation is 4. The van der Waals surface area contributed by atoms with Crippen molar-refractivity contribution in [3.05, 3.63) is 32.8 Å². The number of nitrogens with zero attached hydrogens (tertiary/aromatic N) is 4. The minimum absolute atomic E-state index is 0.0294. The average Bonchev–Trinajstić information content (AvgIpc) is 2.88. The molecule has 0 amide bonds. The van der Waals surface area contributed by atoms with E-state index in [1.54, 1.807) is 7.05 Å². The molecule has 8 nitrogen and oxygen atoms in total. The molecule has 0 aromatic carbocycles. The summed E-state index contributed by atoms with van der Waals surface area (Å²) in [6.45, 7) is 5.90. The van der Waals surface area contributed by atoms with E-state index in [1.807, 2.05) is 20.8 Å². The maximum Gasteiger partial charge on any atom is 0.333 e. The third-order valence-corrected chi connectivity index (χ3v) is 3.22. The minimum atomic E-state index is -0.401. The molecule has 0 unspecified atom stereocenters. The standard InChI is InChI=1S/C12H17N5O3/c1-5-10-11(17(18)19)12(16(4)14-10)13-6-9-7(2)15-20-8(9)3/h13H,5-6H2,1-4H3. The Morgan fingerprint density at radius 2 is 2.15 bits per heavy atom. The van der Waals surface area contributed by atoms with E-state index >= 15 is 0 Å². The van der Waals surface area contributed by atoms with Crippen molar-refractivity contribution in [1.29, 1.82) is 0 Å². The van der Waals surface area contributed by atoms with Crippen molar-refractivity contribution in [2.75, 3.05) is 5.32 Å². The Kier molecular flexibility index (Phi) is 3.73. The van der Waals surface area contributed by atoms with Crippen LogP contribution in [0.1, 0.15) is 29.6 Å². The van der Waals surface area contributed by atoms with E-state index in [9.17, 15) is 10.1 Å². The lowest BCUT2D eigenvalue weighted by Crippen LogP contribution is -2.07. The van der Waals surface area contributed by atoms with Crippen LogP contribution in [0.4, 0.5) is 11.5 Å². The highest BCUT2D eigenvalue weighted by Crippen LogP contribution is 2.29. The summed E-state index contributed by atoms with van der Waals surface area (Å²) in [5.41, 5.74) is 2.18. The van der Waals surface area contributed by atoms with E-state index in [0.29, 0.717) is 30.2 Å². The van der Waals surface area contributed by atoms with Crippen LogP contribution in [-0.2, 0) is 20.0 Å². The Labute approximate surface area is 115 Å². The van der Waals surface area contributed by atoms with E-state index in [0.717, 1.165) is 11.3 Å². The van der Waals surface area contributed by atoms with Crippen molar-refractivity contribution in [2.24, 2.45) is 7.05 Å². The third-order valence-electron chi connectivity index (χ3n) is 3.22. The van der Waals surface area contributed by atoms with Gasteiger partial charge in [0, 0.05) is 19.2 Å². The maximum absolute atomic E-state index is 11.2. The van der Waals surface area contributed by atoms with Gasteiger partial charge in [0.05, 0.1) is 10.6 Å². The minimum Gasteiger partial charge on any atom is -0.361 e. The highest BCUT2D eigenvalue weighted by molar-refractivity contribution is 5.60. The lowest BCUT2D eigenvalue weighted by molar-refractivity contribution is -0.384. The van der Waals surface area contributed by atoms with Gasteiger partial charge in [-0.25, -0.2) is 4.68 Å². The zero-order valence-electron chi connectivity index (χ0n) is 11.9. The summed E-state index contributed by atoms with van der Waals surface area (Å²) in [6.07, 6.45) is 0.511. The number of anilines is 1. The van der Waals surface area contributed by atoms with E-state index < -0.39 is 4.92 Å². The van der Waals surface area contributed by atoms with Crippen molar-refractivity contribution in [1.82, 2.24) is 14.9 Å². The van der Waals surface area contributed by atoms with Gasteiger partial charge in [0.2, 0.25) is 5.82 Å². The van der Waals surface area contributed by atoms with Gasteiger partial charge in [-0.1, -0.05) is 12.1 Å². The number of nitrogens with one attached hydrogen (secondary N) is 1. The molecule has 1 N–H and O–H groups in total. The SMILES string of the molecule is CCc1nn(C)c(NCc2c(C)noc2C)c1[N+](=O)[O-]. The Hall–Kier alpha value is -2.38. The van der Waals surface area contributed by atoms with Crippen molar-refractivity contribution in [2.45, 2.75) is 33.7 Å². The zero-order valence-corrected chi connectivity index (χ0v) is 11.9. The molecule has 2 rings (SSSR count). The maximum atomic E-state index is 11.2. The molecule has 8 heteroatoms. The highest BCUT2D eigenvalue weighted by Gasteiger charge is 2.25. The lowest BCUT2D eigenvalue weighted by Gasteiger charge is -2.05. The second kappa shape index (κ2) is 5.32. The zero-order chi connectivity index (χ0) is 14.9. The molecular formula is C12H17N5O3. The van der Waals surface area contributed by atoms with Crippen LogP contribution < -0.4 is 5.32 Å². The Bertz CT molecular complexity index is 624. The molecule has 20 heavy (non-hydrogen) atoms. The normalized spacial score (nSPS) is 10.8. The van der Waals surface area contributed by atoms with Crippen molar-refractivity contribution < 1.29 is 9.45 Å². The highest BCUT2D eigenvalue weighted by atomic mass is 16.6. The fraction of sp³-hybridized carbons (Fsp3) is 0.500. The Balaban J connectivity index is 2.30. The van der Waals surface area contributed by atoms with Gasteiger partial charge < -0.3 is 9.84 Å². The average molecular weight is 279 g/mol. The predicted molar refractivity (Wildman–Crippen MR) is 72.5 cm³/mol. The van der Waals surface area contributed by atoms with E-state index in [4.69, 9.17) is 4.52 Å². The van der Waals surface area contributed by atoms with Crippen LogP contribution >= 0.6 is 0 Å². The molecule has 2 aromatic heterocycles. The molecule has 0 aliphatic rings. The quantitative estimate of drug-likeness (QED) is 0.664. The van der Waals surface area contributed by atoms with Gasteiger partial charge >= 0.3 is 5.69 Å². The Morgan fingerprint density at radius 1 is 1.45 bits per heavy atom. The molecule has 0 atom stereocenters. The molecular weight excluding hydrogens is 262 g/mol. The molecule has 0 aliphatic carbocycles. The first-order valence-corrected chi connectivity index (χ1v) is 6.31. The number of nitro groups is 1. The number of hydrogen-bond acceptors (Lipinski definition) is 6. The summed E-state index contributed by atoms with van der Waals surface area (Å²) in [5, 5.41) is 22.3. The molecule has 0 fully saturated rings. The summed E-state index contributed by atoms with van der Waals surface area (Å²) in [7, 11) is 1.68. The summed E-state index contributed by atoms with van der Waals surface area (Å²) < 4.78 is 6.57. The second-order valence-electron chi connectivity index (χ2n) is 4.53. The van der Waals surface area contributed by atoms with Gasteiger partial charge in [0.1, 0.15) is 11.5 Å². The molecule has 0 saturated heterocycles. The smallest absolute Gasteiger partial charge is 0.333 e. The molecule has 0 spiro atoms. The molecule has 0 radical (unpaired) electrons. The van der Waals surface area contributed by atoms with E-state index in [2.05, 4.69) is 15.6 Å². The molecule has 0 aliphatic heterocycles. The number of hydrogen-bond donors (Lipinski definition) is 1. The van der Waals surface area contributed by atoms with Crippen molar-refractivity contribution >= 4 is 11.5 Å².